The zero-order valence-corrected chi connectivity index (χ0v) is 16.3. The molecule has 146 valence electrons. The molecular formula is C22H31N3O2. The molecular weight excluding hydrogens is 338 g/mol. The summed E-state index contributed by atoms with van der Waals surface area (Å²) in [6, 6.07) is 8.84. The van der Waals surface area contributed by atoms with Gasteiger partial charge in [-0.15, -0.1) is 0 Å². The summed E-state index contributed by atoms with van der Waals surface area (Å²) in [7, 11) is 0. The van der Waals surface area contributed by atoms with Gasteiger partial charge in [-0.25, -0.2) is 0 Å². The lowest BCUT2D eigenvalue weighted by Crippen LogP contribution is -2.39. The average molecular weight is 370 g/mol. The molecule has 2 fully saturated rings. The van der Waals surface area contributed by atoms with Gasteiger partial charge in [0.1, 0.15) is 6.54 Å². The van der Waals surface area contributed by atoms with E-state index in [1.165, 1.54) is 23.8 Å². The van der Waals surface area contributed by atoms with E-state index in [0.29, 0.717) is 18.7 Å². The van der Waals surface area contributed by atoms with Gasteiger partial charge in [-0.2, -0.15) is 0 Å². The van der Waals surface area contributed by atoms with Crippen LogP contribution in [0.25, 0.3) is 10.9 Å². The molecule has 0 radical (unpaired) electrons. The molecule has 27 heavy (non-hydrogen) atoms. The van der Waals surface area contributed by atoms with Crippen LogP contribution in [-0.2, 0) is 22.6 Å². The van der Waals surface area contributed by atoms with Crippen molar-refractivity contribution < 1.29 is 9.53 Å². The van der Waals surface area contributed by atoms with Crippen molar-refractivity contribution in [3.63, 3.8) is 0 Å². The highest BCUT2D eigenvalue weighted by Gasteiger charge is 2.24. The predicted molar refractivity (Wildman–Crippen MR) is 108 cm³/mol. The Balaban J connectivity index is 1.47. The third kappa shape index (κ3) is 4.71. The molecule has 4 rings (SSSR count). The number of amides is 1. The average Bonchev–Trinajstić information content (AvgIpc) is 3.43. The van der Waals surface area contributed by atoms with Crippen molar-refractivity contribution in [3.8, 4) is 0 Å². The van der Waals surface area contributed by atoms with Gasteiger partial charge in [-0.05, 0) is 50.3 Å². The van der Waals surface area contributed by atoms with Crippen molar-refractivity contribution in [1.82, 2.24) is 14.8 Å². The predicted octanol–water partition coefficient (Wildman–Crippen LogP) is 3.31. The summed E-state index contributed by atoms with van der Waals surface area (Å²) in [6.45, 7) is 6.46. The van der Waals surface area contributed by atoms with Gasteiger partial charge < -0.3 is 14.6 Å². The van der Waals surface area contributed by atoms with Gasteiger partial charge in [0.15, 0.2) is 0 Å². The van der Waals surface area contributed by atoms with Crippen LogP contribution in [0.5, 0.6) is 0 Å². The lowest BCUT2D eigenvalue weighted by Gasteiger charge is -2.32. The topological polar surface area (TPSA) is 46.5 Å². The second kappa shape index (κ2) is 8.44. The minimum absolute atomic E-state index is 0.121. The molecule has 1 aliphatic carbocycles. The number of fused-ring (bicyclic) bond motifs is 1. The van der Waals surface area contributed by atoms with Crippen LogP contribution in [0, 0.1) is 0 Å². The zero-order valence-electron chi connectivity index (χ0n) is 16.3. The molecule has 0 spiro atoms. The van der Waals surface area contributed by atoms with Crippen LogP contribution >= 0.6 is 0 Å². The van der Waals surface area contributed by atoms with Crippen molar-refractivity contribution in [2.75, 3.05) is 19.7 Å². The fraction of sp³-hybridized carbons (Fsp3) is 0.591. The number of carbonyl (C=O) groups excluding carboxylic acids is 1. The number of ether oxygens (including phenoxy) is 1. The van der Waals surface area contributed by atoms with E-state index in [-0.39, 0.29) is 5.91 Å². The van der Waals surface area contributed by atoms with E-state index < -0.39 is 0 Å². The Morgan fingerprint density at radius 1 is 1.26 bits per heavy atom. The molecule has 1 saturated carbocycles. The number of benzene rings is 1. The van der Waals surface area contributed by atoms with Gasteiger partial charge in [-0.3, -0.25) is 9.69 Å². The summed E-state index contributed by atoms with van der Waals surface area (Å²) in [6.07, 6.45) is 8.22. The number of likely N-dealkylation sites (tertiary alicyclic amines) is 1. The number of hydrogen-bond acceptors (Lipinski definition) is 3. The maximum Gasteiger partial charge on any atom is 0.240 e. The van der Waals surface area contributed by atoms with Crippen molar-refractivity contribution in [1.29, 1.82) is 0 Å². The van der Waals surface area contributed by atoms with E-state index in [2.05, 4.69) is 52.2 Å². The number of piperidine rings is 1. The molecule has 1 amide bonds. The van der Waals surface area contributed by atoms with Crippen LogP contribution in [0.1, 0.15) is 44.6 Å². The molecule has 1 N–H and O–H groups in total. The highest BCUT2D eigenvalue weighted by atomic mass is 16.5. The lowest BCUT2D eigenvalue weighted by atomic mass is 10.1. The number of para-hydroxylation sites is 1. The summed E-state index contributed by atoms with van der Waals surface area (Å²) in [5.74, 6) is 0.121. The monoisotopic (exact) mass is 369 g/mol. The Hall–Kier alpha value is -1.85. The SMILES string of the molecule is CCCO[C@H]1CCCN(Cc2cn(CC(=O)NC3CC3)c3ccccc23)C1. The third-order valence-electron chi connectivity index (χ3n) is 5.54. The first kappa shape index (κ1) is 18.5. The Morgan fingerprint density at radius 3 is 2.93 bits per heavy atom. The molecule has 2 aromatic rings. The van der Waals surface area contributed by atoms with E-state index in [0.717, 1.165) is 51.0 Å². The Kier molecular flexibility index (Phi) is 5.79. The van der Waals surface area contributed by atoms with Crippen LogP contribution < -0.4 is 5.32 Å². The smallest absolute Gasteiger partial charge is 0.240 e. The second-order valence-electron chi connectivity index (χ2n) is 8.01. The number of carbonyl (C=O) groups is 1. The maximum absolute atomic E-state index is 12.3. The van der Waals surface area contributed by atoms with E-state index in [9.17, 15) is 4.79 Å². The van der Waals surface area contributed by atoms with Crippen LogP contribution in [0.15, 0.2) is 30.5 Å². The van der Waals surface area contributed by atoms with Gasteiger partial charge in [0.05, 0.1) is 6.10 Å². The first-order valence-electron chi connectivity index (χ1n) is 10.4. The Morgan fingerprint density at radius 2 is 2.11 bits per heavy atom. The summed E-state index contributed by atoms with van der Waals surface area (Å²) in [4.78, 5) is 14.8. The number of aromatic nitrogens is 1. The summed E-state index contributed by atoms with van der Waals surface area (Å²) in [5.41, 5.74) is 2.45. The highest BCUT2D eigenvalue weighted by molar-refractivity contribution is 5.86. The van der Waals surface area contributed by atoms with Crippen LogP contribution in [-0.4, -0.2) is 47.2 Å². The molecule has 0 bridgehead atoms. The quantitative estimate of drug-likeness (QED) is 0.776. The number of nitrogens with zero attached hydrogens (tertiary/aromatic N) is 2. The number of rotatable bonds is 8. The lowest BCUT2D eigenvalue weighted by molar-refractivity contribution is -0.121. The first-order valence-corrected chi connectivity index (χ1v) is 10.4. The molecule has 1 saturated heterocycles. The zero-order chi connectivity index (χ0) is 18.6. The second-order valence-corrected chi connectivity index (χ2v) is 8.01. The van der Waals surface area contributed by atoms with Gasteiger partial charge >= 0.3 is 0 Å². The normalized spacial score (nSPS) is 20.9. The standard InChI is InChI=1S/C22H31N3O2/c1-2-12-27-19-6-5-11-24(15-19)13-17-14-25(16-22(26)23-18-9-10-18)21-8-4-3-7-20(17)21/h3-4,7-8,14,18-19H,2,5-6,9-13,15-16H2,1H3,(H,23,26)/t19-/m0/s1. The van der Waals surface area contributed by atoms with Crippen LogP contribution in [0.3, 0.4) is 0 Å². The molecule has 1 aromatic heterocycles. The van der Waals surface area contributed by atoms with Gasteiger partial charge in [0.2, 0.25) is 5.91 Å². The molecule has 2 heterocycles. The fourth-order valence-electron chi connectivity index (χ4n) is 4.05. The molecule has 1 atom stereocenters. The van der Waals surface area contributed by atoms with Gasteiger partial charge in [0.25, 0.3) is 0 Å². The van der Waals surface area contributed by atoms with Gasteiger partial charge in [0, 0.05) is 42.8 Å². The molecule has 0 unspecified atom stereocenters. The number of nitrogens with one attached hydrogen (secondary N) is 1. The minimum Gasteiger partial charge on any atom is -0.377 e. The Bertz CT molecular complexity index is 781. The summed E-state index contributed by atoms with van der Waals surface area (Å²) >= 11 is 0. The van der Waals surface area contributed by atoms with Crippen LogP contribution in [0.4, 0.5) is 0 Å². The van der Waals surface area contributed by atoms with Crippen molar-refractivity contribution in [3.05, 3.63) is 36.0 Å². The molecule has 5 heteroatoms. The van der Waals surface area contributed by atoms with E-state index in [4.69, 9.17) is 4.74 Å². The van der Waals surface area contributed by atoms with Crippen molar-refractivity contribution in [2.24, 2.45) is 0 Å². The largest absolute Gasteiger partial charge is 0.377 e. The molecule has 5 nitrogen and oxygen atoms in total. The van der Waals surface area contributed by atoms with E-state index >= 15 is 0 Å². The van der Waals surface area contributed by atoms with Crippen LogP contribution in [0.2, 0.25) is 0 Å². The molecule has 1 aliphatic heterocycles. The Labute approximate surface area is 161 Å². The molecule has 1 aromatic carbocycles. The minimum atomic E-state index is 0.121. The number of hydrogen-bond donors (Lipinski definition) is 1. The highest BCUT2D eigenvalue weighted by Crippen LogP contribution is 2.25. The molecule has 2 aliphatic rings. The third-order valence-corrected chi connectivity index (χ3v) is 5.54. The van der Waals surface area contributed by atoms with E-state index in [1.54, 1.807) is 0 Å². The van der Waals surface area contributed by atoms with Crippen molar-refractivity contribution >= 4 is 16.8 Å². The fourth-order valence-corrected chi connectivity index (χ4v) is 4.05. The van der Waals surface area contributed by atoms with E-state index in [1.807, 2.05) is 0 Å². The van der Waals surface area contributed by atoms with Gasteiger partial charge in [-0.1, -0.05) is 25.1 Å². The maximum atomic E-state index is 12.3. The summed E-state index contributed by atoms with van der Waals surface area (Å²) in [5, 5.41) is 4.35. The first-order chi connectivity index (χ1) is 13.2. The summed E-state index contributed by atoms with van der Waals surface area (Å²) < 4.78 is 8.10. The van der Waals surface area contributed by atoms with Crippen molar-refractivity contribution in [2.45, 2.75) is 64.3 Å².